The van der Waals surface area contributed by atoms with Crippen LogP contribution in [0.2, 0.25) is 0 Å². The van der Waals surface area contributed by atoms with Crippen molar-refractivity contribution in [3.63, 3.8) is 0 Å². The molecule has 0 radical (unpaired) electrons. The van der Waals surface area contributed by atoms with Gasteiger partial charge in [0, 0.05) is 51.5 Å². The maximum atomic E-state index is 9.23. The summed E-state index contributed by atoms with van der Waals surface area (Å²) >= 11 is 3.65. The summed E-state index contributed by atoms with van der Waals surface area (Å²) in [6.45, 7) is 0. The minimum absolute atomic E-state index is 0.527. The zero-order valence-corrected chi connectivity index (χ0v) is 22.1. The van der Waals surface area contributed by atoms with E-state index in [4.69, 9.17) is 15.0 Å². The van der Waals surface area contributed by atoms with Gasteiger partial charge in [-0.25, -0.2) is 15.0 Å². The van der Waals surface area contributed by atoms with Gasteiger partial charge in [-0.15, -0.1) is 0 Å². The predicted molar refractivity (Wildman–Crippen MR) is 155 cm³/mol. The molecule has 6 nitrogen and oxygen atoms in total. The second-order valence-electron chi connectivity index (χ2n) is 8.78. The van der Waals surface area contributed by atoms with Gasteiger partial charge in [0.2, 0.25) is 0 Å². The molecule has 3 aromatic heterocycles. The van der Waals surface area contributed by atoms with E-state index in [1.165, 1.54) is 0 Å². The predicted octanol–water partition coefficient (Wildman–Crippen LogP) is 7.63. The Labute approximate surface area is 233 Å². The van der Waals surface area contributed by atoms with Crippen molar-refractivity contribution in [3.8, 4) is 62.5 Å². The van der Waals surface area contributed by atoms with E-state index in [1.54, 1.807) is 24.5 Å². The molecule has 0 saturated carbocycles. The second-order valence-corrected chi connectivity index (χ2v) is 9.70. The lowest BCUT2D eigenvalue weighted by Crippen LogP contribution is -2.00. The first kappa shape index (κ1) is 24.3. The van der Waals surface area contributed by atoms with Gasteiger partial charge in [-0.3, -0.25) is 9.97 Å². The highest BCUT2D eigenvalue weighted by atomic mass is 79.9. The van der Waals surface area contributed by atoms with Crippen LogP contribution >= 0.6 is 15.9 Å². The minimum atomic E-state index is 0.527. The van der Waals surface area contributed by atoms with E-state index in [0.29, 0.717) is 23.0 Å². The van der Waals surface area contributed by atoms with Gasteiger partial charge in [0.25, 0.3) is 0 Å². The molecular weight excluding hydrogens is 548 g/mol. The molecule has 0 aliphatic carbocycles. The number of nitrogens with zero attached hydrogens (tertiary/aromatic N) is 6. The van der Waals surface area contributed by atoms with Crippen LogP contribution in [0.15, 0.2) is 120 Å². The van der Waals surface area contributed by atoms with Gasteiger partial charge >= 0.3 is 0 Å². The molecule has 0 spiro atoms. The third-order valence-electron chi connectivity index (χ3n) is 6.20. The van der Waals surface area contributed by atoms with Gasteiger partial charge in [0.1, 0.15) is 0 Å². The van der Waals surface area contributed by atoms with Crippen molar-refractivity contribution in [2.24, 2.45) is 0 Å². The number of nitriles is 1. The summed E-state index contributed by atoms with van der Waals surface area (Å²) in [7, 11) is 0. The van der Waals surface area contributed by atoms with Crippen LogP contribution in [0.3, 0.4) is 0 Å². The van der Waals surface area contributed by atoms with Crippen LogP contribution in [0.1, 0.15) is 5.56 Å². The molecule has 6 aromatic rings. The molecule has 0 saturated heterocycles. The molecule has 0 atom stereocenters. The number of hydrogen-bond acceptors (Lipinski definition) is 6. The van der Waals surface area contributed by atoms with E-state index in [-0.39, 0.29) is 0 Å². The van der Waals surface area contributed by atoms with Crippen molar-refractivity contribution in [3.05, 3.63) is 126 Å². The quantitative estimate of drug-likeness (QED) is 0.213. The largest absolute Gasteiger partial charge is 0.264 e. The molecule has 7 heteroatoms. The lowest BCUT2D eigenvalue weighted by molar-refractivity contribution is 1.07. The van der Waals surface area contributed by atoms with E-state index in [9.17, 15) is 5.26 Å². The van der Waals surface area contributed by atoms with Crippen molar-refractivity contribution in [1.29, 1.82) is 5.26 Å². The van der Waals surface area contributed by atoms with Crippen LogP contribution in [0.25, 0.3) is 56.4 Å². The summed E-state index contributed by atoms with van der Waals surface area (Å²) in [5, 5.41) is 9.23. The molecular formula is C32H19BrN6. The fourth-order valence-corrected chi connectivity index (χ4v) is 4.71. The van der Waals surface area contributed by atoms with Gasteiger partial charge in [-0.1, -0.05) is 52.3 Å². The molecule has 0 aliphatic rings. The van der Waals surface area contributed by atoms with Gasteiger partial charge < -0.3 is 0 Å². The first-order valence-corrected chi connectivity index (χ1v) is 12.9. The fraction of sp³-hybridized carbons (Fsp3) is 0. The number of hydrogen-bond donors (Lipinski definition) is 0. The lowest BCUT2D eigenvalue weighted by atomic mass is 10.0. The zero-order valence-electron chi connectivity index (χ0n) is 20.5. The van der Waals surface area contributed by atoms with E-state index in [2.05, 4.69) is 38.0 Å². The molecule has 0 fully saturated rings. The first-order chi connectivity index (χ1) is 19.2. The highest BCUT2D eigenvalue weighted by Gasteiger charge is 2.14. The second kappa shape index (κ2) is 10.7. The number of benzene rings is 3. The van der Waals surface area contributed by atoms with Crippen molar-refractivity contribution in [2.75, 3.05) is 0 Å². The van der Waals surface area contributed by atoms with Gasteiger partial charge in [0.05, 0.1) is 11.6 Å². The van der Waals surface area contributed by atoms with Crippen LogP contribution in [0, 0.1) is 11.3 Å². The summed E-state index contributed by atoms with van der Waals surface area (Å²) < 4.78 is 0.904. The molecule has 39 heavy (non-hydrogen) atoms. The lowest BCUT2D eigenvalue weighted by Gasteiger charge is -2.11. The Balaban J connectivity index is 1.48. The average Bonchev–Trinajstić information content (AvgIpc) is 3.01. The molecule has 0 aliphatic heterocycles. The van der Waals surface area contributed by atoms with Crippen LogP contribution < -0.4 is 0 Å². The highest BCUT2D eigenvalue weighted by Crippen LogP contribution is 2.31. The molecule has 0 unspecified atom stereocenters. The number of aromatic nitrogens is 5. The maximum absolute atomic E-state index is 9.23. The number of pyridine rings is 2. The summed E-state index contributed by atoms with van der Waals surface area (Å²) in [6, 6.07) is 31.5. The van der Waals surface area contributed by atoms with Crippen LogP contribution in [-0.2, 0) is 0 Å². The SMILES string of the molecule is N#Cc1ccc(-c2nc(-c3ccc(-c4cccnc4)cc3)nc(-c3cc(Br)cc(-c4cccnc4)c3)n2)cc1. The molecule has 3 aromatic carbocycles. The first-order valence-electron chi connectivity index (χ1n) is 12.1. The normalized spacial score (nSPS) is 10.7. The third-order valence-corrected chi connectivity index (χ3v) is 6.65. The highest BCUT2D eigenvalue weighted by molar-refractivity contribution is 9.10. The Morgan fingerprint density at radius 2 is 1.00 bits per heavy atom. The van der Waals surface area contributed by atoms with E-state index in [1.807, 2.05) is 85.2 Å². The Bertz CT molecular complexity index is 1800. The van der Waals surface area contributed by atoms with Crippen molar-refractivity contribution >= 4 is 15.9 Å². The zero-order chi connectivity index (χ0) is 26.6. The van der Waals surface area contributed by atoms with Gasteiger partial charge in [-0.2, -0.15) is 5.26 Å². The topological polar surface area (TPSA) is 88.2 Å². The van der Waals surface area contributed by atoms with Crippen molar-refractivity contribution < 1.29 is 0 Å². The van der Waals surface area contributed by atoms with E-state index in [0.717, 1.165) is 43.4 Å². The molecule has 6 rings (SSSR count). The Kier molecular flexibility index (Phi) is 6.69. The van der Waals surface area contributed by atoms with Gasteiger partial charge in [0.15, 0.2) is 17.5 Å². The minimum Gasteiger partial charge on any atom is -0.264 e. The third kappa shape index (κ3) is 5.33. The number of halogens is 1. The van der Waals surface area contributed by atoms with Crippen LogP contribution in [0.5, 0.6) is 0 Å². The summed E-state index contributed by atoms with van der Waals surface area (Å²) in [5.74, 6) is 1.63. The fourth-order valence-electron chi connectivity index (χ4n) is 4.22. The van der Waals surface area contributed by atoms with E-state index >= 15 is 0 Å². The van der Waals surface area contributed by atoms with E-state index < -0.39 is 0 Å². The Morgan fingerprint density at radius 1 is 0.513 bits per heavy atom. The molecule has 0 bridgehead atoms. The molecule has 3 heterocycles. The summed E-state index contributed by atoms with van der Waals surface area (Å²) in [6.07, 6.45) is 7.18. The Hall–Kier alpha value is -5.06. The smallest absolute Gasteiger partial charge is 0.164 e. The standard InChI is InChI=1S/C32H19BrN6/c33-29-16-27(26-4-2-14-36-20-26)15-28(17-29)32-38-30(23-7-5-21(18-34)6-8-23)37-31(39-32)24-11-9-22(10-12-24)25-3-1-13-35-19-25/h1-17,19-20H. The van der Waals surface area contributed by atoms with Crippen molar-refractivity contribution in [2.45, 2.75) is 0 Å². The van der Waals surface area contributed by atoms with Gasteiger partial charge in [-0.05, 0) is 71.3 Å². The number of rotatable bonds is 5. The monoisotopic (exact) mass is 566 g/mol. The molecule has 184 valence electrons. The van der Waals surface area contributed by atoms with Crippen LogP contribution in [0.4, 0.5) is 0 Å². The van der Waals surface area contributed by atoms with Crippen molar-refractivity contribution in [1.82, 2.24) is 24.9 Å². The van der Waals surface area contributed by atoms with Crippen LogP contribution in [-0.4, -0.2) is 24.9 Å². The summed E-state index contributed by atoms with van der Waals surface area (Å²) in [5.41, 5.74) is 7.17. The molecule has 0 N–H and O–H groups in total. The average molecular weight is 567 g/mol. The molecule has 0 amide bonds. The maximum Gasteiger partial charge on any atom is 0.164 e. The summed E-state index contributed by atoms with van der Waals surface area (Å²) in [4.78, 5) is 23.0. The Morgan fingerprint density at radius 3 is 1.54 bits per heavy atom.